The van der Waals surface area contributed by atoms with Crippen LogP contribution in [-0.2, 0) is 11.2 Å². The number of halogens is 1. The SMILES string of the molecule is Cc1ccc(CC(=O)Nc2cc(C)ccc2Br)cc1. The van der Waals surface area contributed by atoms with Gasteiger partial charge in [0.2, 0.25) is 5.91 Å². The van der Waals surface area contributed by atoms with Crippen molar-refractivity contribution in [2.75, 3.05) is 5.32 Å². The molecule has 0 fully saturated rings. The third-order valence-corrected chi connectivity index (χ3v) is 3.57. The standard InChI is InChI=1S/C16H16BrNO/c1-11-3-6-13(7-4-11)10-16(19)18-15-9-12(2)5-8-14(15)17/h3-9H,10H2,1-2H3,(H,18,19). The fraction of sp³-hybridized carbons (Fsp3) is 0.188. The second-order valence-corrected chi connectivity index (χ2v) is 5.55. The van der Waals surface area contributed by atoms with Crippen molar-refractivity contribution in [3.05, 3.63) is 63.6 Å². The van der Waals surface area contributed by atoms with Gasteiger partial charge in [0.25, 0.3) is 0 Å². The van der Waals surface area contributed by atoms with Crippen LogP contribution in [0.4, 0.5) is 5.69 Å². The van der Waals surface area contributed by atoms with Crippen molar-refractivity contribution in [2.24, 2.45) is 0 Å². The Morgan fingerprint density at radius 2 is 1.68 bits per heavy atom. The van der Waals surface area contributed by atoms with Gasteiger partial charge in [-0.1, -0.05) is 35.9 Å². The molecule has 1 N–H and O–H groups in total. The molecule has 0 aromatic heterocycles. The summed E-state index contributed by atoms with van der Waals surface area (Å²) in [7, 11) is 0. The normalized spacial score (nSPS) is 10.3. The second kappa shape index (κ2) is 6.02. The van der Waals surface area contributed by atoms with E-state index in [0.29, 0.717) is 6.42 Å². The summed E-state index contributed by atoms with van der Waals surface area (Å²) >= 11 is 3.44. The van der Waals surface area contributed by atoms with E-state index >= 15 is 0 Å². The molecule has 0 spiro atoms. The summed E-state index contributed by atoms with van der Waals surface area (Å²) in [5.74, 6) is -0.00449. The van der Waals surface area contributed by atoms with Crippen LogP contribution < -0.4 is 5.32 Å². The van der Waals surface area contributed by atoms with Crippen LogP contribution in [0.3, 0.4) is 0 Å². The van der Waals surface area contributed by atoms with E-state index < -0.39 is 0 Å². The van der Waals surface area contributed by atoms with Crippen molar-refractivity contribution in [2.45, 2.75) is 20.3 Å². The molecule has 0 aliphatic rings. The highest BCUT2D eigenvalue weighted by Crippen LogP contribution is 2.23. The quantitative estimate of drug-likeness (QED) is 0.901. The third-order valence-electron chi connectivity index (χ3n) is 2.88. The van der Waals surface area contributed by atoms with Crippen molar-refractivity contribution < 1.29 is 4.79 Å². The zero-order chi connectivity index (χ0) is 13.8. The molecule has 0 bridgehead atoms. The van der Waals surface area contributed by atoms with E-state index in [0.717, 1.165) is 21.3 Å². The molecule has 0 atom stereocenters. The molecule has 2 rings (SSSR count). The Labute approximate surface area is 122 Å². The molecule has 0 unspecified atom stereocenters. The average molecular weight is 318 g/mol. The minimum atomic E-state index is -0.00449. The minimum Gasteiger partial charge on any atom is -0.325 e. The molecule has 98 valence electrons. The molecule has 2 aromatic rings. The number of aryl methyl sites for hydroxylation is 2. The maximum Gasteiger partial charge on any atom is 0.228 e. The molecule has 0 saturated heterocycles. The van der Waals surface area contributed by atoms with Crippen LogP contribution in [0, 0.1) is 13.8 Å². The molecular weight excluding hydrogens is 302 g/mol. The fourth-order valence-corrected chi connectivity index (χ4v) is 2.17. The summed E-state index contributed by atoms with van der Waals surface area (Å²) in [6, 6.07) is 13.9. The van der Waals surface area contributed by atoms with E-state index in [1.54, 1.807) is 0 Å². The Morgan fingerprint density at radius 1 is 1.05 bits per heavy atom. The predicted octanol–water partition coefficient (Wildman–Crippen LogP) is 4.25. The largest absolute Gasteiger partial charge is 0.325 e. The van der Waals surface area contributed by atoms with E-state index in [4.69, 9.17) is 0 Å². The molecule has 0 heterocycles. The van der Waals surface area contributed by atoms with E-state index in [1.165, 1.54) is 5.56 Å². The van der Waals surface area contributed by atoms with E-state index in [2.05, 4.69) is 21.2 Å². The zero-order valence-electron chi connectivity index (χ0n) is 11.0. The third kappa shape index (κ3) is 3.93. The highest BCUT2D eigenvalue weighted by Gasteiger charge is 2.06. The monoisotopic (exact) mass is 317 g/mol. The van der Waals surface area contributed by atoms with Crippen molar-refractivity contribution in [3.63, 3.8) is 0 Å². The van der Waals surface area contributed by atoms with Crippen molar-refractivity contribution in [1.82, 2.24) is 0 Å². The molecule has 0 aliphatic carbocycles. The number of hydrogen-bond donors (Lipinski definition) is 1. The summed E-state index contributed by atoms with van der Waals surface area (Å²) in [6.07, 6.45) is 0.390. The van der Waals surface area contributed by atoms with E-state index in [9.17, 15) is 4.79 Å². The van der Waals surface area contributed by atoms with Gasteiger partial charge in [-0.3, -0.25) is 4.79 Å². The lowest BCUT2D eigenvalue weighted by atomic mass is 10.1. The highest BCUT2D eigenvalue weighted by molar-refractivity contribution is 9.10. The van der Waals surface area contributed by atoms with Gasteiger partial charge in [-0.25, -0.2) is 0 Å². The van der Waals surface area contributed by atoms with Gasteiger partial charge in [0.1, 0.15) is 0 Å². The molecule has 2 nitrogen and oxygen atoms in total. The maximum absolute atomic E-state index is 12.0. The smallest absolute Gasteiger partial charge is 0.228 e. The number of hydrogen-bond acceptors (Lipinski definition) is 1. The summed E-state index contributed by atoms with van der Waals surface area (Å²) < 4.78 is 0.898. The molecule has 3 heteroatoms. The number of amides is 1. The molecule has 1 amide bonds. The number of anilines is 1. The Bertz CT molecular complexity index is 590. The molecule has 0 aliphatic heterocycles. The first kappa shape index (κ1) is 13.8. The van der Waals surface area contributed by atoms with Gasteiger partial charge in [-0.2, -0.15) is 0 Å². The van der Waals surface area contributed by atoms with Gasteiger partial charge in [0.05, 0.1) is 12.1 Å². The van der Waals surface area contributed by atoms with Gasteiger partial charge >= 0.3 is 0 Å². The Balaban J connectivity index is 2.05. The number of benzene rings is 2. The van der Waals surface area contributed by atoms with Crippen LogP contribution in [0.25, 0.3) is 0 Å². The number of carbonyl (C=O) groups is 1. The van der Waals surface area contributed by atoms with Gasteiger partial charge in [-0.15, -0.1) is 0 Å². The maximum atomic E-state index is 12.0. The molecule has 19 heavy (non-hydrogen) atoms. The van der Waals surface area contributed by atoms with Crippen LogP contribution in [0.2, 0.25) is 0 Å². The summed E-state index contributed by atoms with van der Waals surface area (Å²) in [5, 5.41) is 2.93. The van der Waals surface area contributed by atoms with E-state index in [-0.39, 0.29) is 5.91 Å². The zero-order valence-corrected chi connectivity index (χ0v) is 12.6. The fourth-order valence-electron chi connectivity index (χ4n) is 1.82. The summed E-state index contributed by atoms with van der Waals surface area (Å²) in [5.41, 5.74) is 4.16. The molecule has 2 aromatic carbocycles. The first-order valence-electron chi connectivity index (χ1n) is 6.16. The van der Waals surface area contributed by atoms with Crippen molar-refractivity contribution in [3.8, 4) is 0 Å². The van der Waals surface area contributed by atoms with Crippen LogP contribution in [-0.4, -0.2) is 5.91 Å². The van der Waals surface area contributed by atoms with Gasteiger partial charge in [0.15, 0.2) is 0 Å². The summed E-state index contributed by atoms with van der Waals surface area (Å²) in [6.45, 7) is 4.04. The Hall–Kier alpha value is -1.61. The average Bonchev–Trinajstić information content (AvgIpc) is 2.37. The van der Waals surface area contributed by atoms with Crippen molar-refractivity contribution >= 4 is 27.5 Å². The number of rotatable bonds is 3. The minimum absolute atomic E-state index is 0.00449. The number of carbonyl (C=O) groups excluding carboxylic acids is 1. The topological polar surface area (TPSA) is 29.1 Å². The highest BCUT2D eigenvalue weighted by atomic mass is 79.9. The van der Waals surface area contributed by atoms with Crippen LogP contribution >= 0.6 is 15.9 Å². The van der Waals surface area contributed by atoms with E-state index in [1.807, 2.05) is 56.3 Å². The van der Waals surface area contributed by atoms with Crippen LogP contribution in [0.15, 0.2) is 46.9 Å². The molecule has 0 saturated carbocycles. The Morgan fingerprint density at radius 3 is 2.37 bits per heavy atom. The van der Waals surface area contributed by atoms with Gasteiger partial charge < -0.3 is 5.32 Å². The van der Waals surface area contributed by atoms with Crippen molar-refractivity contribution in [1.29, 1.82) is 0 Å². The first-order chi connectivity index (χ1) is 9.04. The second-order valence-electron chi connectivity index (χ2n) is 4.69. The number of nitrogens with one attached hydrogen (secondary N) is 1. The lowest BCUT2D eigenvalue weighted by Crippen LogP contribution is -2.14. The van der Waals surface area contributed by atoms with Crippen LogP contribution in [0.5, 0.6) is 0 Å². The van der Waals surface area contributed by atoms with Crippen LogP contribution in [0.1, 0.15) is 16.7 Å². The lowest BCUT2D eigenvalue weighted by Gasteiger charge is -2.08. The Kier molecular flexibility index (Phi) is 4.38. The predicted molar refractivity (Wildman–Crippen MR) is 82.4 cm³/mol. The lowest BCUT2D eigenvalue weighted by molar-refractivity contribution is -0.115. The molecule has 0 radical (unpaired) electrons. The van der Waals surface area contributed by atoms with Gasteiger partial charge in [-0.05, 0) is 53.0 Å². The van der Waals surface area contributed by atoms with Gasteiger partial charge in [0, 0.05) is 4.47 Å². The summed E-state index contributed by atoms with van der Waals surface area (Å²) in [4.78, 5) is 12.0. The first-order valence-corrected chi connectivity index (χ1v) is 6.95. The molecular formula is C16H16BrNO.